The quantitative estimate of drug-likeness (QED) is 0.646. The summed E-state index contributed by atoms with van der Waals surface area (Å²) in [4.78, 5) is 11.6. The number of carbonyl (C=O) groups is 1. The molecular formula is C20H24O4. The van der Waals surface area contributed by atoms with Crippen LogP contribution in [-0.4, -0.2) is 19.2 Å². The molecule has 0 N–H and O–H groups in total. The van der Waals surface area contributed by atoms with Crippen molar-refractivity contribution in [2.75, 3.05) is 13.2 Å². The van der Waals surface area contributed by atoms with Gasteiger partial charge in [0.15, 0.2) is 6.61 Å². The molecule has 4 heteroatoms. The fourth-order valence-electron chi connectivity index (χ4n) is 1.97. The van der Waals surface area contributed by atoms with Gasteiger partial charge in [0.05, 0.1) is 6.61 Å². The lowest BCUT2D eigenvalue weighted by Crippen LogP contribution is -2.16. The normalized spacial score (nSPS) is 10.5. The predicted octanol–water partition coefficient (Wildman–Crippen LogP) is 4.23. The SMILES string of the molecule is CC(C)CCOC(=O)COc1ccc(OCc2ccccc2)cc1. The van der Waals surface area contributed by atoms with Crippen molar-refractivity contribution in [3.8, 4) is 11.5 Å². The Morgan fingerprint density at radius 1 is 0.917 bits per heavy atom. The van der Waals surface area contributed by atoms with Crippen LogP contribution >= 0.6 is 0 Å². The van der Waals surface area contributed by atoms with Gasteiger partial charge in [-0.15, -0.1) is 0 Å². The van der Waals surface area contributed by atoms with Crippen LogP contribution in [0, 0.1) is 5.92 Å². The van der Waals surface area contributed by atoms with E-state index in [0.717, 1.165) is 17.7 Å². The molecule has 0 spiro atoms. The molecule has 0 bridgehead atoms. The zero-order valence-corrected chi connectivity index (χ0v) is 14.2. The summed E-state index contributed by atoms with van der Waals surface area (Å²) in [6, 6.07) is 17.2. The zero-order chi connectivity index (χ0) is 17.2. The summed E-state index contributed by atoms with van der Waals surface area (Å²) in [5.74, 6) is 1.54. The maximum Gasteiger partial charge on any atom is 0.344 e. The third-order valence-corrected chi connectivity index (χ3v) is 3.39. The van der Waals surface area contributed by atoms with Crippen LogP contribution in [-0.2, 0) is 16.1 Å². The molecule has 0 saturated carbocycles. The molecule has 0 aromatic heterocycles. The van der Waals surface area contributed by atoms with Crippen molar-refractivity contribution < 1.29 is 19.0 Å². The van der Waals surface area contributed by atoms with Gasteiger partial charge in [-0.3, -0.25) is 0 Å². The largest absolute Gasteiger partial charge is 0.489 e. The van der Waals surface area contributed by atoms with Crippen molar-refractivity contribution in [3.63, 3.8) is 0 Å². The van der Waals surface area contributed by atoms with E-state index in [9.17, 15) is 4.79 Å². The van der Waals surface area contributed by atoms with Crippen molar-refractivity contribution in [1.82, 2.24) is 0 Å². The molecule has 2 aromatic carbocycles. The molecule has 0 aliphatic rings. The molecule has 0 aliphatic heterocycles. The maximum absolute atomic E-state index is 11.6. The Hall–Kier alpha value is -2.49. The monoisotopic (exact) mass is 328 g/mol. The standard InChI is InChI=1S/C20H24O4/c1-16(2)12-13-22-20(21)15-24-19-10-8-18(9-11-19)23-14-17-6-4-3-5-7-17/h3-11,16H,12-15H2,1-2H3. The third kappa shape index (κ3) is 6.73. The summed E-state index contributed by atoms with van der Waals surface area (Å²) < 4.78 is 16.2. The van der Waals surface area contributed by atoms with Gasteiger partial charge < -0.3 is 14.2 Å². The van der Waals surface area contributed by atoms with Crippen LogP contribution in [0.25, 0.3) is 0 Å². The van der Waals surface area contributed by atoms with Crippen molar-refractivity contribution in [1.29, 1.82) is 0 Å². The van der Waals surface area contributed by atoms with Gasteiger partial charge in [0.25, 0.3) is 0 Å². The second-order valence-corrected chi connectivity index (χ2v) is 5.94. The topological polar surface area (TPSA) is 44.8 Å². The molecule has 2 aromatic rings. The maximum atomic E-state index is 11.6. The van der Waals surface area contributed by atoms with E-state index < -0.39 is 0 Å². The van der Waals surface area contributed by atoms with E-state index >= 15 is 0 Å². The van der Waals surface area contributed by atoms with Crippen LogP contribution in [0.1, 0.15) is 25.8 Å². The van der Waals surface area contributed by atoms with Gasteiger partial charge >= 0.3 is 5.97 Å². The molecule has 0 unspecified atom stereocenters. The Kier molecular flexibility index (Phi) is 7.15. The zero-order valence-electron chi connectivity index (χ0n) is 14.2. The highest BCUT2D eigenvalue weighted by Gasteiger charge is 2.05. The van der Waals surface area contributed by atoms with Crippen LogP contribution in [0.2, 0.25) is 0 Å². The molecule has 0 heterocycles. The Morgan fingerprint density at radius 3 is 2.17 bits per heavy atom. The first-order valence-corrected chi connectivity index (χ1v) is 8.18. The number of ether oxygens (including phenoxy) is 3. The molecule has 2 rings (SSSR count). The van der Waals surface area contributed by atoms with Crippen LogP contribution in [0.4, 0.5) is 0 Å². The van der Waals surface area contributed by atoms with Crippen LogP contribution in [0.15, 0.2) is 54.6 Å². The van der Waals surface area contributed by atoms with Crippen molar-refractivity contribution in [3.05, 3.63) is 60.2 Å². The van der Waals surface area contributed by atoms with E-state index in [1.807, 2.05) is 42.5 Å². The number of hydrogen-bond acceptors (Lipinski definition) is 4. The molecule has 24 heavy (non-hydrogen) atoms. The lowest BCUT2D eigenvalue weighted by molar-refractivity contribution is -0.146. The number of benzene rings is 2. The smallest absolute Gasteiger partial charge is 0.344 e. The summed E-state index contributed by atoms with van der Waals surface area (Å²) in [6.07, 6.45) is 0.860. The van der Waals surface area contributed by atoms with Gasteiger partial charge in [0.2, 0.25) is 0 Å². The van der Waals surface area contributed by atoms with Crippen LogP contribution in [0.5, 0.6) is 11.5 Å². The summed E-state index contributed by atoms with van der Waals surface area (Å²) in [7, 11) is 0. The van der Waals surface area contributed by atoms with Gasteiger partial charge in [-0.25, -0.2) is 4.79 Å². The Labute approximate surface area is 143 Å². The number of rotatable bonds is 9. The minimum Gasteiger partial charge on any atom is -0.489 e. The highest BCUT2D eigenvalue weighted by molar-refractivity contribution is 5.71. The minimum absolute atomic E-state index is 0.0810. The van der Waals surface area contributed by atoms with E-state index in [4.69, 9.17) is 14.2 Å². The molecule has 0 amide bonds. The fourth-order valence-corrected chi connectivity index (χ4v) is 1.97. The van der Waals surface area contributed by atoms with E-state index in [1.165, 1.54) is 0 Å². The van der Waals surface area contributed by atoms with E-state index in [0.29, 0.717) is 24.9 Å². The highest BCUT2D eigenvalue weighted by Crippen LogP contribution is 2.18. The molecule has 0 fully saturated rings. The average molecular weight is 328 g/mol. The summed E-state index contributed by atoms with van der Waals surface area (Å²) in [5.41, 5.74) is 1.11. The number of carbonyl (C=O) groups excluding carboxylic acids is 1. The first-order valence-electron chi connectivity index (χ1n) is 8.18. The lowest BCUT2D eigenvalue weighted by Gasteiger charge is -2.09. The third-order valence-electron chi connectivity index (χ3n) is 3.39. The number of hydrogen-bond donors (Lipinski definition) is 0. The first-order chi connectivity index (χ1) is 11.6. The van der Waals surface area contributed by atoms with Crippen LogP contribution in [0.3, 0.4) is 0 Å². The molecule has 0 aliphatic carbocycles. The van der Waals surface area contributed by atoms with Crippen molar-refractivity contribution >= 4 is 5.97 Å². The summed E-state index contributed by atoms with van der Waals surface area (Å²) in [5, 5.41) is 0. The second kappa shape index (κ2) is 9.60. The second-order valence-electron chi connectivity index (χ2n) is 5.94. The molecule has 0 atom stereocenters. The number of esters is 1. The predicted molar refractivity (Wildman–Crippen MR) is 93.1 cm³/mol. The highest BCUT2D eigenvalue weighted by atomic mass is 16.6. The van der Waals surface area contributed by atoms with Crippen molar-refractivity contribution in [2.24, 2.45) is 5.92 Å². The van der Waals surface area contributed by atoms with Crippen LogP contribution < -0.4 is 9.47 Å². The van der Waals surface area contributed by atoms with E-state index in [1.54, 1.807) is 12.1 Å². The van der Waals surface area contributed by atoms with Gasteiger partial charge in [0.1, 0.15) is 18.1 Å². The Balaban J connectivity index is 1.70. The molecule has 0 radical (unpaired) electrons. The van der Waals surface area contributed by atoms with E-state index in [2.05, 4.69) is 13.8 Å². The fraction of sp³-hybridized carbons (Fsp3) is 0.350. The summed E-state index contributed by atoms with van der Waals surface area (Å²) >= 11 is 0. The van der Waals surface area contributed by atoms with Crippen molar-refractivity contribution in [2.45, 2.75) is 26.9 Å². The molecule has 0 saturated heterocycles. The Bertz CT molecular complexity index is 605. The van der Waals surface area contributed by atoms with Gasteiger partial charge in [-0.05, 0) is 42.2 Å². The van der Waals surface area contributed by atoms with Gasteiger partial charge in [0, 0.05) is 0 Å². The van der Waals surface area contributed by atoms with Gasteiger partial charge in [-0.2, -0.15) is 0 Å². The lowest BCUT2D eigenvalue weighted by atomic mass is 10.1. The molecular weight excluding hydrogens is 304 g/mol. The van der Waals surface area contributed by atoms with Gasteiger partial charge in [-0.1, -0.05) is 44.2 Å². The molecule has 4 nitrogen and oxygen atoms in total. The summed E-state index contributed by atoms with van der Waals surface area (Å²) in [6.45, 7) is 5.05. The van der Waals surface area contributed by atoms with E-state index in [-0.39, 0.29) is 12.6 Å². The first kappa shape index (κ1) is 17.9. The minimum atomic E-state index is -0.347. The Morgan fingerprint density at radius 2 is 1.54 bits per heavy atom. The average Bonchev–Trinajstić information content (AvgIpc) is 2.59. The molecule has 128 valence electrons.